The molecule has 0 radical (unpaired) electrons. The van der Waals surface area contributed by atoms with Crippen molar-refractivity contribution < 1.29 is 4.79 Å². The summed E-state index contributed by atoms with van der Waals surface area (Å²) in [5.74, 6) is -0.0881. The third kappa shape index (κ3) is 3.74. The summed E-state index contributed by atoms with van der Waals surface area (Å²) < 4.78 is 1.01. The first kappa shape index (κ1) is 16.9. The first-order chi connectivity index (χ1) is 11.5. The maximum Gasteiger partial charge on any atom is 0.264 e. The molecule has 0 saturated carbocycles. The van der Waals surface area contributed by atoms with Gasteiger partial charge in [0.25, 0.3) is 5.91 Å². The maximum atomic E-state index is 12.8. The number of carbonyl (C=O) groups is 1. The normalized spacial score (nSPS) is 12.0. The molecule has 3 aromatic rings. The fourth-order valence-electron chi connectivity index (χ4n) is 2.60. The van der Waals surface area contributed by atoms with Gasteiger partial charge in [-0.3, -0.25) is 4.79 Å². The van der Waals surface area contributed by atoms with Crippen LogP contribution >= 0.6 is 27.3 Å². The molecule has 0 spiro atoms. The highest BCUT2D eigenvalue weighted by atomic mass is 79.9. The molecule has 5 heteroatoms. The van der Waals surface area contributed by atoms with E-state index in [4.69, 9.17) is 0 Å². The van der Waals surface area contributed by atoms with Crippen molar-refractivity contribution >= 4 is 33.2 Å². The number of aryl methyl sites for hydroxylation is 2. The molecule has 2 aromatic carbocycles. The van der Waals surface area contributed by atoms with E-state index >= 15 is 0 Å². The van der Waals surface area contributed by atoms with Crippen LogP contribution in [0, 0.1) is 13.8 Å². The van der Waals surface area contributed by atoms with Gasteiger partial charge in [-0.2, -0.15) is 0 Å². The zero-order valence-corrected chi connectivity index (χ0v) is 15.8. The molecule has 122 valence electrons. The Morgan fingerprint density at radius 2 is 1.67 bits per heavy atom. The van der Waals surface area contributed by atoms with E-state index in [1.54, 1.807) is 0 Å². The number of carbonyl (C=O) groups excluding carboxylic acids is 1. The molecule has 0 aliphatic rings. The van der Waals surface area contributed by atoms with Gasteiger partial charge in [-0.15, -0.1) is 11.3 Å². The SMILES string of the molecule is Cc1nc(C)c(C(=O)NC(c2ccccc2)c2ccc(Br)cc2)s1. The van der Waals surface area contributed by atoms with Gasteiger partial charge in [0.15, 0.2) is 0 Å². The van der Waals surface area contributed by atoms with Gasteiger partial charge in [-0.05, 0) is 37.1 Å². The van der Waals surface area contributed by atoms with Crippen molar-refractivity contribution in [1.29, 1.82) is 0 Å². The van der Waals surface area contributed by atoms with E-state index in [0.717, 1.165) is 26.3 Å². The third-order valence-corrected chi connectivity index (χ3v) is 5.32. The summed E-state index contributed by atoms with van der Waals surface area (Å²) in [6.07, 6.45) is 0. The lowest BCUT2D eigenvalue weighted by molar-refractivity contribution is 0.0946. The summed E-state index contributed by atoms with van der Waals surface area (Å²) in [4.78, 5) is 17.8. The molecule has 0 bridgehead atoms. The van der Waals surface area contributed by atoms with Crippen LogP contribution in [0.1, 0.15) is 37.5 Å². The number of benzene rings is 2. The molecule has 24 heavy (non-hydrogen) atoms. The van der Waals surface area contributed by atoms with Crippen LogP contribution in [0.25, 0.3) is 0 Å². The monoisotopic (exact) mass is 400 g/mol. The highest BCUT2D eigenvalue weighted by Crippen LogP contribution is 2.25. The van der Waals surface area contributed by atoms with Crippen LogP contribution in [0.15, 0.2) is 59.1 Å². The van der Waals surface area contributed by atoms with Gasteiger partial charge in [-0.1, -0.05) is 58.4 Å². The number of hydrogen-bond acceptors (Lipinski definition) is 3. The van der Waals surface area contributed by atoms with Crippen molar-refractivity contribution in [3.8, 4) is 0 Å². The molecule has 3 rings (SSSR count). The van der Waals surface area contributed by atoms with E-state index in [-0.39, 0.29) is 11.9 Å². The predicted octanol–water partition coefficient (Wildman–Crippen LogP) is 5.04. The molecule has 1 atom stereocenters. The van der Waals surface area contributed by atoms with E-state index in [1.807, 2.05) is 68.4 Å². The van der Waals surface area contributed by atoms with Gasteiger partial charge in [0, 0.05) is 4.47 Å². The minimum Gasteiger partial charge on any atom is -0.340 e. The Kier molecular flexibility index (Phi) is 5.11. The summed E-state index contributed by atoms with van der Waals surface area (Å²) in [6, 6.07) is 17.8. The van der Waals surface area contributed by atoms with Crippen molar-refractivity contribution in [2.75, 3.05) is 0 Å². The second-order valence-corrected chi connectivity index (χ2v) is 7.63. The average molecular weight is 401 g/mol. The van der Waals surface area contributed by atoms with Crippen molar-refractivity contribution in [2.24, 2.45) is 0 Å². The second kappa shape index (κ2) is 7.28. The smallest absolute Gasteiger partial charge is 0.264 e. The first-order valence-corrected chi connectivity index (χ1v) is 9.21. The highest BCUT2D eigenvalue weighted by molar-refractivity contribution is 9.10. The first-order valence-electron chi connectivity index (χ1n) is 7.60. The Hall–Kier alpha value is -1.98. The standard InChI is InChI=1S/C19H17BrN2OS/c1-12-18(24-13(2)21-12)19(23)22-17(14-6-4-3-5-7-14)15-8-10-16(20)11-9-15/h3-11,17H,1-2H3,(H,22,23). The summed E-state index contributed by atoms with van der Waals surface area (Å²) in [5, 5.41) is 4.06. The molecule has 0 aliphatic carbocycles. The molecule has 3 nitrogen and oxygen atoms in total. The third-order valence-electron chi connectivity index (χ3n) is 3.72. The fourth-order valence-corrected chi connectivity index (χ4v) is 3.69. The van der Waals surface area contributed by atoms with Crippen LogP contribution in [-0.4, -0.2) is 10.9 Å². The molecule has 0 fully saturated rings. The number of thiazole rings is 1. The number of halogens is 1. The van der Waals surface area contributed by atoms with Gasteiger partial charge in [0.2, 0.25) is 0 Å². The average Bonchev–Trinajstić information content (AvgIpc) is 2.93. The Morgan fingerprint density at radius 3 is 2.25 bits per heavy atom. The lowest BCUT2D eigenvalue weighted by atomic mass is 9.98. The van der Waals surface area contributed by atoms with Crippen LogP contribution in [0.4, 0.5) is 0 Å². The van der Waals surface area contributed by atoms with Crippen LogP contribution in [0.5, 0.6) is 0 Å². The molecule has 0 saturated heterocycles. The zero-order chi connectivity index (χ0) is 17.1. The number of hydrogen-bond donors (Lipinski definition) is 1. The molecule has 1 aromatic heterocycles. The van der Waals surface area contributed by atoms with E-state index in [1.165, 1.54) is 11.3 Å². The van der Waals surface area contributed by atoms with Gasteiger partial charge in [0.1, 0.15) is 4.88 Å². The fraction of sp³-hybridized carbons (Fsp3) is 0.158. The lowest BCUT2D eigenvalue weighted by Gasteiger charge is -2.20. The Labute approximate surface area is 153 Å². The van der Waals surface area contributed by atoms with Crippen molar-refractivity contribution in [2.45, 2.75) is 19.9 Å². The number of rotatable bonds is 4. The Bertz CT molecular complexity index is 844. The quantitative estimate of drug-likeness (QED) is 0.666. The van der Waals surface area contributed by atoms with Crippen LogP contribution in [0.2, 0.25) is 0 Å². The molecule has 1 heterocycles. The van der Waals surface area contributed by atoms with Gasteiger partial charge in [0.05, 0.1) is 16.7 Å². The molecule has 0 aliphatic heterocycles. The number of nitrogens with one attached hydrogen (secondary N) is 1. The minimum absolute atomic E-state index is 0.0881. The van der Waals surface area contributed by atoms with Crippen molar-refractivity contribution in [1.82, 2.24) is 10.3 Å². The van der Waals surface area contributed by atoms with E-state index in [2.05, 4.69) is 26.2 Å². The highest BCUT2D eigenvalue weighted by Gasteiger charge is 2.20. The predicted molar refractivity (Wildman–Crippen MR) is 101 cm³/mol. The van der Waals surface area contributed by atoms with Crippen LogP contribution in [0.3, 0.4) is 0 Å². The summed E-state index contributed by atoms with van der Waals surface area (Å²) in [5.41, 5.74) is 2.86. The Morgan fingerprint density at radius 1 is 1.04 bits per heavy atom. The van der Waals surface area contributed by atoms with Crippen molar-refractivity contribution in [3.63, 3.8) is 0 Å². The minimum atomic E-state index is -0.200. The molecule has 1 amide bonds. The topological polar surface area (TPSA) is 42.0 Å². The van der Waals surface area contributed by atoms with E-state index in [9.17, 15) is 4.79 Å². The number of nitrogens with zero attached hydrogens (tertiary/aromatic N) is 1. The molecular weight excluding hydrogens is 384 g/mol. The summed E-state index contributed by atoms with van der Waals surface area (Å²) in [6.45, 7) is 3.79. The molecule has 1 N–H and O–H groups in total. The van der Waals surface area contributed by atoms with Crippen LogP contribution in [-0.2, 0) is 0 Å². The molecule has 1 unspecified atom stereocenters. The van der Waals surface area contributed by atoms with Crippen molar-refractivity contribution in [3.05, 3.63) is 85.8 Å². The zero-order valence-electron chi connectivity index (χ0n) is 13.4. The summed E-state index contributed by atoms with van der Waals surface area (Å²) >= 11 is 4.88. The van der Waals surface area contributed by atoms with Gasteiger partial charge >= 0.3 is 0 Å². The van der Waals surface area contributed by atoms with E-state index in [0.29, 0.717) is 4.88 Å². The number of amides is 1. The van der Waals surface area contributed by atoms with E-state index < -0.39 is 0 Å². The van der Waals surface area contributed by atoms with Crippen LogP contribution < -0.4 is 5.32 Å². The maximum absolute atomic E-state index is 12.8. The van der Waals surface area contributed by atoms with Gasteiger partial charge < -0.3 is 5.32 Å². The lowest BCUT2D eigenvalue weighted by Crippen LogP contribution is -2.29. The number of aromatic nitrogens is 1. The molecular formula is C19H17BrN2OS. The second-order valence-electron chi connectivity index (χ2n) is 5.52. The largest absolute Gasteiger partial charge is 0.340 e. The Balaban J connectivity index is 1.94. The van der Waals surface area contributed by atoms with Gasteiger partial charge in [-0.25, -0.2) is 4.98 Å². The summed E-state index contributed by atoms with van der Waals surface area (Å²) in [7, 11) is 0.